The molecule has 21 heavy (non-hydrogen) atoms. The van der Waals surface area contributed by atoms with Crippen molar-refractivity contribution < 1.29 is 9.26 Å². The van der Waals surface area contributed by atoms with E-state index >= 15 is 0 Å². The number of hydrogen-bond donors (Lipinski definition) is 1. The number of ether oxygens (including phenoxy) is 1. The fourth-order valence-corrected chi connectivity index (χ4v) is 4.08. The minimum absolute atomic E-state index is 0.124. The summed E-state index contributed by atoms with van der Waals surface area (Å²) in [7, 11) is 0. The molecule has 0 saturated heterocycles. The van der Waals surface area contributed by atoms with E-state index in [4.69, 9.17) is 15.0 Å². The number of aromatic nitrogens is 2. The van der Waals surface area contributed by atoms with Gasteiger partial charge in [-0.1, -0.05) is 19.0 Å². The molecule has 1 aliphatic rings. The summed E-state index contributed by atoms with van der Waals surface area (Å²) in [5.41, 5.74) is 5.67. The molecule has 2 aromatic heterocycles. The first-order valence-corrected chi connectivity index (χ1v) is 8.55. The Morgan fingerprint density at radius 1 is 1.57 bits per heavy atom. The van der Waals surface area contributed by atoms with Gasteiger partial charge in [0.1, 0.15) is 5.54 Å². The van der Waals surface area contributed by atoms with E-state index in [-0.39, 0.29) is 11.5 Å². The molecule has 0 bridgehead atoms. The fraction of sp³-hybridized carbons (Fsp3) is 0.571. The monoisotopic (exact) mass is 371 g/mol. The minimum atomic E-state index is -0.632. The maximum Gasteiger partial charge on any atom is 0.247 e. The lowest BCUT2D eigenvalue weighted by Crippen LogP contribution is -2.67. The van der Waals surface area contributed by atoms with Crippen LogP contribution in [0.3, 0.4) is 0 Å². The fourth-order valence-electron chi connectivity index (χ4n) is 2.73. The molecule has 0 radical (unpaired) electrons. The Labute approximate surface area is 136 Å². The Kier molecular flexibility index (Phi) is 3.72. The van der Waals surface area contributed by atoms with Gasteiger partial charge in [-0.2, -0.15) is 4.98 Å². The average Bonchev–Trinajstić information content (AvgIpc) is 3.06. The second-order valence-corrected chi connectivity index (χ2v) is 7.72. The molecule has 0 amide bonds. The Balaban J connectivity index is 1.87. The van der Waals surface area contributed by atoms with Crippen LogP contribution in [0.4, 0.5) is 0 Å². The maximum absolute atomic E-state index is 6.54. The number of nitrogens with zero attached hydrogens (tertiary/aromatic N) is 2. The van der Waals surface area contributed by atoms with Gasteiger partial charge in [-0.05, 0) is 28.9 Å². The van der Waals surface area contributed by atoms with Gasteiger partial charge in [-0.3, -0.25) is 0 Å². The number of halogens is 1. The first kappa shape index (κ1) is 15.1. The van der Waals surface area contributed by atoms with Crippen LogP contribution in [0.5, 0.6) is 0 Å². The van der Waals surface area contributed by atoms with Crippen LogP contribution >= 0.6 is 27.3 Å². The predicted octanol–water partition coefficient (Wildman–Crippen LogP) is 3.55. The maximum atomic E-state index is 6.54. The van der Waals surface area contributed by atoms with Crippen LogP contribution in [0.15, 0.2) is 20.4 Å². The zero-order valence-electron chi connectivity index (χ0n) is 12.2. The van der Waals surface area contributed by atoms with Crippen LogP contribution in [0.25, 0.3) is 10.7 Å². The lowest BCUT2D eigenvalue weighted by atomic mass is 9.54. The SMILES string of the molecule is CCOC1CC(N)(c2nc(-c3cc(Br)cs3)no2)C1(C)C. The Morgan fingerprint density at radius 3 is 2.90 bits per heavy atom. The summed E-state index contributed by atoms with van der Waals surface area (Å²) in [5, 5.41) is 6.06. The molecule has 0 spiro atoms. The van der Waals surface area contributed by atoms with E-state index in [1.165, 1.54) is 0 Å². The lowest BCUT2D eigenvalue weighted by molar-refractivity contribution is -0.162. The Hall–Kier alpha value is -0.760. The van der Waals surface area contributed by atoms with Crippen molar-refractivity contribution in [2.75, 3.05) is 6.61 Å². The van der Waals surface area contributed by atoms with Crippen molar-refractivity contribution in [3.8, 4) is 10.7 Å². The predicted molar refractivity (Wildman–Crippen MR) is 85.0 cm³/mol. The van der Waals surface area contributed by atoms with Gasteiger partial charge in [0.25, 0.3) is 0 Å². The number of rotatable bonds is 4. The molecule has 2 heterocycles. The van der Waals surface area contributed by atoms with Gasteiger partial charge in [0, 0.05) is 28.3 Å². The van der Waals surface area contributed by atoms with Crippen molar-refractivity contribution in [1.82, 2.24) is 10.1 Å². The first-order valence-electron chi connectivity index (χ1n) is 6.87. The largest absolute Gasteiger partial charge is 0.378 e. The highest BCUT2D eigenvalue weighted by Gasteiger charge is 2.62. The topological polar surface area (TPSA) is 74.2 Å². The van der Waals surface area contributed by atoms with Gasteiger partial charge in [0.15, 0.2) is 0 Å². The van der Waals surface area contributed by atoms with Crippen molar-refractivity contribution in [2.45, 2.75) is 38.8 Å². The quantitative estimate of drug-likeness (QED) is 0.889. The molecule has 5 nitrogen and oxygen atoms in total. The third kappa shape index (κ3) is 2.27. The summed E-state index contributed by atoms with van der Waals surface area (Å²) in [5.74, 6) is 1.07. The van der Waals surface area contributed by atoms with Gasteiger partial charge < -0.3 is 15.0 Å². The van der Waals surface area contributed by atoms with E-state index in [1.54, 1.807) is 11.3 Å². The van der Waals surface area contributed by atoms with Gasteiger partial charge in [0.2, 0.25) is 11.7 Å². The Morgan fingerprint density at radius 2 is 2.33 bits per heavy atom. The highest BCUT2D eigenvalue weighted by atomic mass is 79.9. The first-order chi connectivity index (χ1) is 9.88. The number of hydrogen-bond acceptors (Lipinski definition) is 6. The molecular weight excluding hydrogens is 354 g/mol. The zero-order chi connectivity index (χ0) is 15.3. The van der Waals surface area contributed by atoms with E-state index < -0.39 is 5.54 Å². The molecule has 114 valence electrons. The molecule has 2 aromatic rings. The van der Waals surface area contributed by atoms with Crippen LogP contribution in [0, 0.1) is 5.41 Å². The molecule has 0 aliphatic heterocycles. The standard InChI is InChI=1S/C14H18BrN3O2S/c1-4-19-10-6-14(16,13(10,2)3)12-17-11(18-20-12)9-5-8(15)7-21-9/h5,7,10H,4,6,16H2,1-3H3. The van der Waals surface area contributed by atoms with E-state index in [9.17, 15) is 0 Å². The van der Waals surface area contributed by atoms with Gasteiger partial charge in [-0.15, -0.1) is 11.3 Å². The molecule has 2 unspecified atom stereocenters. The lowest BCUT2D eigenvalue weighted by Gasteiger charge is -2.56. The van der Waals surface area contributed by atoms with Crippen LogP contribution in [-0.2, 0) is 10.3 Å². The third-order valence-corrected chi connectivity index (χ3v) is 6.11. The van der Waals surface area contributed by atoms with Crippen molar-refractivity contribution in [3.63, 3.8) is 0 Å². The van der Waals surface area contributed by atoms with Crippen LogP contribution in [0.2, 0.25) is 0 Å². The van der Waals surface area contributed by atoms with Gasteiger partial charge in [-0.25, -0.2) is 0 Å². The molecule has 2 N–H and O–H groups in total. The van der Waals surface area contributed by atoms with E-state index in [0.29, 0.717) is 24.7 Å². The second kappa shape index (κ2) is 5.15. The summed E-state index contributed by atoms with van der Waals surface area (Å²) < 4.78 is 12.2. The summed E-state index contributed by atoms with van der Waals surface area (Å²) in [6, 6.07) is 1.97. The summed E-state index contributed by atoms with van der Waals surface area (Å²) in [4.78, 5) is 5.47. The molecule has 0 aromatic carbocycles. The molecule has 1 fully saturated rings. The van der Waals surface area contributed by atoms with E-state index in [2.05, 4.69) is 39.9 Å². The van der Waals surface area contributed by atoms with Crippen molar-refractivity contribution in [2.24, 2.45) is 11.1 Å². The van der Waals surface area contributed by atoms with Crippen LogP contribution < -0.4 is 5.73 Å². The van der Waals surface area contributed by atoms with Crippen molar-refractivity contribution in [3.05, 3.63) is 21.8 Å². The van der Waals surface area contributed by atoms with Crippen LogP contribution in [-0.4, -0.2) is 22.9 Å². The van der Waals surface area contributed by atoms with Gasteiger partial charge in [0.05, 0.1) is 11.0 Å². The highest BCUT2D eigenvalue weighted by molar-refractivity contribution is 9.10. The molecule has 7 heteroatoms. The molecule has 3 rings (SSSR count). The van der Waals surface area contributed by atoms with Crippen LogP contribution in [0.1, 0.15) is 33.1 Å². The van der Waals surface area contributed by atoms with E-state index in [0.717, 1.165) is 9.35 Å². The molecule has 1 aliphatic carbocycles. The van der Waals surface area contributed by atoms with E-state index in [1.807, 2.05) is 18.4 Å². The summed E-state index contributed by atoms with van der Waals surface area (Å²) in [6.07, 6.45) is 0.822. The minimum Gasteiger partial charge on any atom is -0.378 e. The summed E-state index contributed by atoms with van der Waals surface area (Å²) in [6.45, 7) is 6.85. The zero-order valence-corrected chi connectivity index (χ0v) is 14.6. The van der Waals surface area contributed by atoms with Crippen molar-refractivity contribution >= 4 is 27.3 Å². The average molecular weight is 372 g/mol. The third-order valence-electron chi connectivity index (χ3n) is 4.43. The number of thiophene rings is 1. The Bertz CT molecular complexity index is 654. The second-order valence-electron chi connectivity index (χ2n) is 5.89. The number of nitrogens with two attached hydrogens (primary N) is 1. The van der Waals surface area contributed by atoms with Gasteiger partial charge >= 0.3 is 0 Å². The molecule has 1 saturated carbocycles. The molecular formula is C14H18BrN3O2S. The van der Waals surface area contributed by atoms with Crippen molar-refractivity contribution in [1.29, 1.82) is 0 Å². The smallest absolute Gasteiger partial charge is 0.247 e. The summed E-state index contributed by atoms with van der Waals surface area (Å²) >= 11 is 4.99. The highest BCUT2D eigenvalue weighted by Crippen LogP contribution is 2.55. The normalized spacial score (nSPS) is 27.6. The molecule has 2 atom stereocenters.